The average Bonchev–Trinajstić information content (AvgIpc) is 3.06. The summed E-state index contributed by atoms with van der Waals surface area (Å²) in [4.78, 5) is 25.8. The van der Waals surface area contributed by atoms with Crippen molar-refractivity contribution in [1.29, 1.82) is 0 Å². The average molecular weight is 325 g/mol. The van der Waals surface area contributed by atoms with Gasteiger partial charge in [-0.05, 0) is 6.07 Å². The SMILES string of the molecule is O=CNc1ccc([N+](=O)[O-])cc1-c1nc(-c2ccccc2)cs1. The van der Waals surface area contributed by atoms with Crippen molar-refractivity contribution in [3.63, 3.8) is 0 Å². The Bertz CT molecular complexity index is 862. The standard InChI is InChI=1S/C16H11N3O3S/c20-10-17-14-7-6-12(19(21)22)8-13(14)16-18-15(9-23-16)11-4-2-1-3-5-11/h1-10H,(H,17,20). The predicted octanol–water partition coefficient (Wildman–Crippen LogP) is 3.95. The van der Waals surface area contributed by atoms with Crippen molar-refractivity contribution >= 4 is 29.1 Å². The third kappa shape index (κ3) is 3.09. The molecule has 3 aromatic rings. The second-order valence-electron chi connectivity index (χ2n) is 4.65. The molecule has 1 amide bonds. The fraction of sp³-hybridized carbons (Fsp3) is 0. The van der Waals surface area contributed by atoms with Gasteiger partial charge in [0.05, 0.1) is 16.3 Å². The molecule has 1 aromatic heterocycles. The first-order chi connectivity index (χ1) is 11.2. The summed E-state index contributed by atoms with van der Waals surface area (Å²) in [6, 6.07) is 13.9. The van der Waals surface area contributed by atoms with Gasteiger partial charge < -0.3 is 5.32 Å². The number of non-ortho nitro benzene ring substituents is 1. The Kier molecular flexibility index (Phi) is 4.11. The van der Waals surface area contributed by atoms with Crippen LogP contribution in [0.3, 0.4) is 0 Å². The quantitative estimate of drug-likeness (QED) is 0.437. The Balaban J connectivity index is 2.07. The van der Waals surface area contributed by atoms with Gasteiger partial charge >= 0.3 is 0 Å². The van der Waals surface area contributed by atoms with Crippen LogP contribution >= 0.6 is 11.3 Å². The predicted molar refractivity (Wildman–Crippen MR) is 89.3 cm³/mol. The molecule has 2 aromatic carbocycles. The van der Waals surface area contributed by atoms with Gasteiger partial charge in [-0.2, -0.15) is 0 Å². The number of benzene rings is 2. The number of hydrogen-bond acceptors (Lipinski definition) is 5. The summed E-state index contributed by atoms with van der Waals surface area (Å²) in [6.07, 6.45) is 0.538. The van der Waals surface area contributed by atoms with Gasteiger partial charge in [-0.3, -0.25) is 14.9 Å². The highest BCUT2D eigenvalue weighted by molar-refractivity contribution is 7.13. The van der Waals surface area contributed by atoms with Gasteiger partial charge in [0.1, 0.15) is 5.01 Å². The van der Waals surface area contributed by atoms with Crippen molar-refractivity contribution in [2.45, 2.75) is 0 Å². The second-order valence-corrected chi connectivity index (χ2v) is 5.51. The van der Waals surface area contributed by atoms with Crippen molar-refractivity contribution < 1.29 is 9.72 Å². The molecule has 7 heteroatoms. The molecular weight excluding hydrogens is 314 g/mol. The molecule has 0 aliphatic heterocycles. The van der Waals surface area contributed by atoms with E-state index in [1.165, 1.54) is 29.5 Å². The smallest absolute Gasteiger partial charge is 0.270 e. The van der Waals surface area contributed by atoms with E-state index in [9.17, 15) is 14.9 Å². The van der Waals surface area contributed by atoms with Gasteiger partial charge in [-0.25, -0.2) is 4.98 Å². The molecular formula is C16H11N3O3S. The molecule has 114 valence electrons. The van der Waals surface area contributed by atoms with Crippen LogP contribution in [0.5, 0.6) is 0 Å². The number of carbonyl (C=O) groups excluding carboxylic acids is 1. The lowest BCUT2D eigenvalue weighted by Crippen LogP contribution is -1.98. The third-order valence-electron chi connectivity index (χ3n) is 3.23. The molecule has 6 nitrogen and oxygen atoms in total. The molecule has 0 saturated carbocycles. The maximum absolute atomic E-state index is 11.0. The maximum atomic E-state index is 11.0. The summed E-state index contributed by atoms with van der Waals surface area (Å²) in [5, 5.41) is 16.0. The molecule has 0 saturated heterocycles. The number of aromatic nitrogens is 1. The van der Waals surface area contributed by atoms with E-state index in [0.29, 0.717) is 22.7 Å². The Morgan fingerprint density at radius 2 is 1.96 bits per heavy atom. The Morgan fingerprint density at radius 3 is 2.65 bits per heavy atom. The minimum Gasteiger partial charge on any atom is -0.328 e. The molecule has 0 aliphatic rings. The fourth-order valence-electron chi connectivity index (χ4n) is 2.15. The molecule has 0 bridgehead atoms. The first kappa shape index (κ1) is 14.9. The van der Waals surface area contributed by atoms with Crippen LogP contribution in [-0.2, 0) is 4.79 Å². The lowest BCUT2D eigenvalue weighted by Gasteiger charge is -2.05. The molecule has 0 aliphatic carbocycles. The van der Waals surface area contributed by atoms with Gasteiger partial charge in [-0.1, -0.05) is 30.3 Å². The number of nitro groups is 1. The summed E-state index contributed by atoms with van der Waals surface area (Å²) < 4.78 is 0. The largest absolute Gasteiger partial charge is 0.328 e. The van der Waals surface area contributed by atoms with E-state index in [-0.39, 0.29) is 5.69 Å². The topological polar surface area (TPSA) is 85.1 Å². The molecule has 23 heavy (non-hydrogen) atoms. The van der Waals surface area contributed by atoms with Crippen LogP contribution in [0, 0.1) is 10.1 Å². The third-order valence-corrected chi connectivity index (χ3v) is 4.11. The number of rotatable bonds is 5. The summed E-state index contributed by atoms with van der Waals surface area (Å²) in [5.41, 5.74) is 2.71. The number of amides is 1. The van der Waals surface area contributed by atoms with E-state index in [2.05, 4.69) is 10.3 Å². The normalized spacial score (nSPS) is 10.3. The summed E-state index contributed by atoms with van der Waals surface area (Å²) >= 11 is 1.37. The van der Waals surface area contributed by atoms with Crippen molar-refractivity contribution in [2.24, 2.45) is 0 Å². The molecule has 0 atom stereocenters. The van der Waals surface area contributed by atoms with Gasteiger partial charge in [0, 0.05) is 28.6 Å². The van der Waals surface area contributed by atoms with Crippen LogP contribution in [0.4, 0.5) is 11.4 Å². The number of anilines is 1. The molecule has 0 unspecified atom stereocenters. The zero-order chi connectivity index (χ0) is 16.2. The summed E-state index contributed by atoms with van der Waals surface area (Å²) in [7, 11) is 0. The Morgan fingerprint density at radius 1 is 1.17 bits per heavy atom. The number of carbonyl (C=O) groups is 1. The zero-order valence-electron chi connectivity index (χ0n) is 11.8. The van der Waals surface area contributed by atoms with Crippen LogP contribution in [0.1, 0.15) is 0 Å². The fourth-order valence-corrected chi connectivity index (χ4v) is 3.01. The van der Waals surface area contributed by atoms with Gasteiger partial charge in [0.25, 0.3) is 5.69 Å². The number of nitrogens with zero attached hydrogens (tertiary/aromatic N) is 2. The monoisotopic (exact) mass is 325 g/mol. The highest BCUT2D eigenvalue weighted by Gasteiger charge is 2.15. The van der Waals surface area contributed by atoms with Crippen LogP contribution in [0.15, 0.2) is 53.9 Å². The Hall–Kier alpha value is -3.06. The number of nitrogens with one attached hydrogen (secondary N) is 1. The highest BCUT2D eigenvalue weighted by Crippen LogP contribution is 2.35. The van der Waals surface area contributed by atoms with E-state index in [1.807, 2.05) is 35.7 Å². The van der Waals surface area contributed by atoms with Crippen molar-refractivity contribution in [1.82, 2.24) is 4.98 Å². The van der Waals surface area contributed by atoms with Crippen LogP contribution in [0.2, 0.25) is 0 Å². The molecule has 0 fully saturated rings. The van der Waals surface area contributed by atoms with Gasteiger partial charge in [-0.15, -0.1) is 11.3 Å². The van der Waals surface area contributed by atoms with E-state index in [4.69, 9.17) is 0 Å². The minimum atomic E-state index is -0.472. The van der Waals surface area contributed by atoms with E-state index >= 15 is 0 Å². The molecule has 1 heterocycles. The van der Waals surface area contributed by atoms with Crippen molar-refractivity contribution in [2.75, 3.05) is 5.32 Å². The molecule has 0 radical (unpaired) electrons. The van der Waals surface area contributed by atoms with E-state index < -0.39 is 4.92 Å². The minimum absolute atomic E-state index is 0.0482. The number of thiazole rings is 1. The van der Waals surface area contributed by atoms with Crippen LogP contribution in [-0.4, -0.2) is 16.3 Å². The summed E-state index contributed by atoms with van der Waals surface area (Å²) in [6.45, 7) is 0. The highest BCUT2D eigenvalue weighted by atomic mass is 32.1. The Labute approximate surface area is 135 Å². The first-order valence-corrected chi connectivity index (χ1v) is 7.57. The number of hydrogen-bond donors (Lipinski definition) is 1. The molecule has 3 rings (SSSR count). The molecule has 0 spiro atoms. The zero-order valence-corrected chi connectivity index (χ0v) is 12.6. The van der Waals surface area contributed by atoms with Crippen molar-refractivity contribution in [3.8, 4) is 21.8 Å². The maximum Gasteiger partial charge on any atom is 0.270 e. The van der Waals surface area contributed by atoms with E-state index in [0.717, 1.165) is 11.3 Å². The van der Waals surface area contributed by atoms with Gasteiger partial charge in [0.2, 0.25) is 6.41 Å². The van der Waals surface area contributed by atoms with Gasteiger partial charge in [0.15, 0.2) is 0 Å². The van der Waals surface area contributed by atoms with E-state index in [1.54, 1.807) is 0 Å². The molecule has 1 N–H and O–H groups in total. The lowest BCUT2D eigenvalue weighted by molar-refractivity contribution is -0.384. The van der Waals surface area contributed by atoms with Crippen LogP contribution < -0.4 is 5.32 Å². The van der Waals surface area contributed by atoms with Crippen LogP contribution in [0.25, 0.3) is 21.8 Å². The first-order valence-electron chi connectivity index (χ1n) is 6.69. The number of nitro benzene ring substituents is 1. The summed E-state index contributed by atoms with van der Waals surface area (Å²) in [5.74, 6) is 0. The second kappa shape index (κ2) is 6.37. The lowest BCUT2D eigenvalue weighted by atomic mass is 10.1. The van der Waals surface area contributed by atoms with Crippen molar-refractivity contribution in [3.05, 3.63) is 64.0 Å².